The average Bonchev–Trinajstić information content (AvgIpc) is 2.50. The molecule has 1 fully saturated rings. The first-order chi connectivity index (χ1) is 10.1. The molecule has 1 aliphatic carbocycles. The van der Waals surface area contributed by atoms with Gasteiger partial charge in [0.2, 0.25) is 0 Å². The fourth-order valence-corrected chi connectivity index (χ4v) is 3.42. The quantitative estimate of drug-likeness (QED) is 0.529. The first kappa shape index (κ1) is 17.4. The second kappa shape index (κ2) is 8.59. The van der Waals surface area contributed by atoms with E-state index in [0.717, 1.165) is 18.7 Å². The van der Waals surface area contributed by atoms with Crippen LogP contribution < -0.4 is 5.32 Å². The molecule has 0 radical (unpaired) electrons. The molecule has 2 nitrogen and oxygen atoms in total. The van der Waals surface area contributed by atoms with E-state index in [1.165, 1.54) is 32.1 Å². The average molecular weight is 351 g/mol. The molecule has 0 heterocycles. The van der Waals surface area contributed by atoms with Crippen LogP contribution in [-0.4, -0.2) is 19.3 Å². The summed E-state index contributed by atoms with van der Waals surface area (Å²) in [6.45, 7) is 3.59. The Labute approximate surface area is 142 Å². The number of benzene rings is 1. The standard InChI is InChI=1S/C16H22Cl3NO/c1-11(13-7-8-14(17)16(19)15(13)18)20-9-10-21-12-5-3-2-4-6-12/h7-8,11-12,20H,2-6,9-10H2,1H3. The highest BCUT2D eigenvalue weighted by molar-refractivity contribution is 6.48. The molecule has 1 aliphatic rings. The van der Waals surface area contributed by atoms with Crippen molar-refractivity contribution in [3.8, 4) is 0 Å². The van der Waals surface area contributed by atoms with Crippen LogP contribution in [0.25, 0.3) is 0 Å². The topological polar surface area (TPSA) is 21.3 Å². The van der Waals surface area contributed by atoms with Gasteiger partial charge in [-0.1, -0.05) is 60.1 Å². The van der Waals surface area contributed by atoms with Crippen LogP contribution in [0.2, 0.25) is 15.1 Å². The zero-order chi connectivity index (χ0) is 15.2. The Morgan fingerprint density at radius 2 is 1.86 bits per heavy atom. The van der Waals surface area contributed by atoms with Crippen LogP contribution in [0.15, 0.2) is 12.1 Å². The third kappa shape index (κ3) is 5.01. The summed E-state index contributed by atoms with van der Waals surface area (Å²) in [5, 5.41) is 4.84. The van der Waals surface area contributed by atoms with Gasteiger partial charge in [-0.05, 0) is 31.4 Å². The van der Waals surface area contributed by atoms with E-state index >= 15 is 0 Å². The van der Waals surface area contributed by atoms with Crippen molar-refractivity contribution in [1.82, 2.24) is 5.32 Å². The number of halogens is 3. The molecular weight excluding hydrogens is 329 g/mol. The largest absolute Gasteiger partial charge is 0.377 e. The van der Waals surface area contributed by atoms with Gasteiger partial charge < -0.3 is 10.1 Å². The molecule has 1 N–H and O–H groups in total. The molecule has 1 saturated carbocycles. The Hall–Kier alpha value is 0.01000. The van der Waals surface area contributed by atoms with Gasteiger partial charge in [0, 0.05) is 12.6 Å². The van der Waals surface area contributed by atoms with Crippen molar-refractivity contribution in [1.29, 1.82) is 0 Å². The SMILES string of the molecule is CC(NCCOC1CCCCC1)c1ccc(Cl)c(Cl)c1Cl. The summed E-state index contributed by atoms with van der Waals surface area (Å²) in [5.74, 6) is 0. The van der Waals surface area contributed by atoms with E-state index in [4.69, 9.17) is 39.5 Å². The normalized spacial score (nSPS) is 17.9. The molecule has 1 aromatic rings. The predicted octanol–water partition coefficient (Wildman–Crippen LogP) is 5.65. The summed E-state index contributed by atoms with van der Waals surface area (Å²) in [4.78, 5) is 0. The van der Waals surface area contributed by atoms with Gasteiger partial charge >= 0.3 is 0 Å². The van der Waals surface area contributed by atoms with Gasteiger partial charge in [-0.15, -0.1) is 0 Å². The lowest BCUT2D eigenvalue weighted by molar-refractivity contribution is 0.0295. The van der Waals surface area contributed by atoms with Crippen LogP contribution in [0.4, 0.5) is 0 Å². The van der Waals surface area contributed by atoms with E-state index in [1.54, 1.807) is 6.07 Å². The van der Waals surface area contributed by atoms with E-state index < -0.39 is 0 Å². The smallest absolute Gasteiger partial charge is 0.0781 e. The van der Waals surface area contributed by atoms with Gasteiger partial charge in [-0.25, -0.2) is 0 Å². The Morgan fingerprint density at radius 3 is 2.57 bits per heavy atom. The van der Waals surface area contributed by atoms with Crippen molar-refractivity contribution >= 4 is 34.8 Å². The molecule has 0 aliphatic heterocycles. The van der Waals surface area contributed by atoms with Crippen LogP contribution in [0.1, 0.15) is 50.6 Å². The molecule has 0 amide bonds. The second-order valence-corrected chi connectivity index (χ2v) is 6.73. The summed E-state index contributed by atoms with van der Waals surface area (Å²) >= 11 is 18.3. The summed E-state index contributed by atoms with van der Waals surface area (Å²) in [5.41, 5.74) is 0.962. The molecule has 0 bridgehead atoms. The summed E-state index contributed by atoms with van der Waals surface area (Å²) in [6, 6.07) is 3.81. The fourth-order valence-electron chi connectivity index (χ4n) is 2.72. The van der Waals surface area contributed by atoms with Crippen LogP contribution >= 0.6 is 34.8 Å². The molecule has 1 unspecified atom stereocenters. The highest BCUT2D eigenvalue weighted by atomic mass is 35.5. The molecule has 2 rings (SSSR count). The maximum atomic E-state index is 6.24. The Bertz CT molecular complexity index is 461. The second-order valence-electron chi connectivity index (χ2n) is 5.57. The lowest BCUT2D eigenvalue weighted by Gasteiger charge is -2.23. The minimum atomic E-state index is 0.113. The van der Waals surface area contributed by atoms with Gasteiger partial charge in [0.1, 0.15) is 0 Å². The first-order valence-electron chi connectivity index (χ1n) is 7.58. The Balaban J connectivity index is 1.76. The van der Waals surface area contributed by atoms with E-state index in [9.17, 15) is 0 Å². The lowest BCUT2D eigenvalue weighted by Crippen LogP contribution is -2.26. The summed E-state index contributed by atoms with van der Waals surface area (Å²) in [6.07, 6.45) is 6.80. The highest BCUT2D eigenvalue weighted by Crippen LogP contribution is 2.35. The molecule has 1 atom stereocenters. The Kier molecular flexibility index (Phi) is 7.11. The van der Waals surface area contributed by atoms with Crippen molar-refractivity contribution in [2.24, 2.45) is 0 Å². The van der Waals surface area contributed by atoms with Crippen molar-refractivity contribution in [3.63, 3.8) is 0 Å². The zero-order valence-electron chi connectivity index (χ0n) is 12.3. The molecule has 0 saturated heterocycles. The molecule has 1 aromatic carbocycles. The monoisotopic (exact) mass is 349 g/mol. The van der Waals surface area contributed by atoms with Crippen LogP contribution in [-0.2, 0) is 4.74 Å². The van der Waals surface area contributed by atoms with E-state index in [1.807, 2.05) is 6.07 Å². The molecule has 21 heavy (non-hydrogen) atoms. The molecule has 5 heteroatoms. The van der Waals surface area contributed by atoms with Crippen LogP contribution in [0.3, 0.4) is 0 Å². The molecule has 0 aromatic heterocycles. The van der Waals surface area contributed by atoms with Crippen molar-refractivity contribution in [2.75, 3.05) is 13.2 Å². The third-order valence-corrected chi connectivity index (χ3v) is 5.30. The Morgan fingerprint density at radius 1 is 1.14 bits per heavy atom. The third-order valence-electron chi connectivity index (χ3n) is 3.99. The summed E-state index contributed by atoms with van der Waals surface area (Å²) < 4.78 is 5.90. The van der Waals surface area contributed by atoms with E-state index in [-0.39, 0.29) is 6.04 Å². The number of hydrogen-bond acceptors (Lipinski definition) is 2. The van der Waals surface area contributed by atoms with Gasteiger partial charge in [0.05, 0.1) is 27.8 Å². The molecular formula is C16H22Cl3NO. The van der Waals surface area contributed by atoms with Gasteiger partial charge in [-0.2, -0.15) is 0 Å². The van der Waals surface area contributed by atoms with Crippen LogP contribution in [0.5, 0.6) is 0 Å². The van der Waals surface area contributed by atoms with Gasteiger partial charge in [-0.3, -0.25) is 0 Å². The predicted molar refractivity (Wildman–Crippen MR) is 90.7 cm³/mol. The number of ether oxygens (including phenoxy) is 1. The fraction of sp³-hybridized carbons (Fsp3) is 0.625. The van der Waals surface area contributed by atoms with Crippen molar-refractivity contribution in [2.45, 2.75) is 51.2 Å². The lowest BCUT2D eigenvalue weighted by atomic mass is 9.98. The molecule has 118 valence electrons. The van der Waals surface area contributed by atoms with Gasteiger partial charge in [0.15, 0.2) is 0 Å². The van der Waals surface area contributed by atoms with Gasteiger partial charge in [0.25, 0.3) is 0 Å². The van der Waals surface area contributed by atoms with Crippen molar-refractivity contribution in [3.05, 3.63) is 32.8 Å². The minimum absolute atomic E-state index is 0.113. The number of hydrogen-bond donors (Lipinski definition) is 1. The highest BCUT2D eigenvalue weighted by Gasteiger charge is 2.15. The minimum Gasteiger partial charge on any atom is -0.377 e. The zero-order valence-corrected chi connectivity index (χ0v) is 14.6. The number of rotatable bonds is 6. The maximum Gasteiger partial charge on any atom is 0.0781 e. The van der Waals surface area contributed by atoms with Crippen LogP contribution in [0, 0.1) is 0 Å². The first-order valence-corrected chi connectivity index (χ1v) is 8.71. The van der Waals surface area contributed by atoms with E-state index in [2.05, 4.69) is 12.2 Å². The maximum absolute atomic E-state index is 6.24. The number of nitrogens with one attached hydrogen (secondary N) is 1. The van der Waals surface area contributed by atoms with E-state index in [0.29, 0.717) is 21.2 Å². The molecule has 0 spiro atoms. The van der Waals surface area contributed by atoms with Crippen molar-refractivity contribution < 1.29 is 4.74 Å². The summed E-state index contributed by atoms with van der Waals surface area (Å²) in [7, 11) is 0.